The Balaban J connectivity index is 1.97. The number of carbonyl (C=O) groups is 2. The van der Waals surface area contributed by atoms with Gasteiger partial charge in [0, 0.05) is 6.07 Å². The lowest BCUT2D eigenvalue weighted by Gasteiger charge is -2.25. The first kappa shape index (κ1) is 10.1. The molecule has 6 heteroatoms. The van der Waals surface area contributed by atoms with Gasteiger partial charge in [0.05, 0.1) is 18.8 Å². The normalized spacial score (nSPS) is 18.7. The highest BCUT2D eigenvalue weighted by atomic mass is 16.7. The van der Waals surface area contributed by atoms with Crippen molar-refractivity contribution in [3.63, 3.8) is 0 Å². The summed E-state index contributed by atoms with van der Waals surface area (Å²) in [5.74, 6) is 0.658. The monoisotopic (exact) mass is 234 g/mol. The Morgan fingerprint density at radius 3 is 2.53 bits per heavy atom. The summed E-state index contributed by atoms with van der Waals surface area (Å²) in [6.45, 7) is 0.503. The maximum atomic E-state index is 11.7. The molecule has 0 bridgehead atoms. The largest absolute Gasteiger partial charge is 0.454 e. The summed E-state index contributed by atoms with van der Waals surface area (Å²) in [6.07, 6.45) is 0. The molecule has 6 nitrogen and oxygen atoms in total. The molecular weight excluding hydrogens is 224 g/mol. The van der Waals surface area contributed by atoms with Gasteiger partial charge in [-0.05, 0) is 12.1 Å². The molecule has 2 amide bonds. The summed E-state index contributed by atoms with van der Waals surface area (Å²) < 4.78 is 10.4. The lowest BCUT2D eigenvalue weighted by atomic mass is 10.2. The first-order valence-corrected chi connectivity index (χ1v) is 5.22. The second-order valence-corrected chi connectivity index (χ2v) is 3.76. The van der Waals surface area contributed by atoms with Crippen LogP contribution < -0.4 is 19.7 Å². The molecule has 3 rings (SSSR count). The Labute approximate surface area is 97.1 Å². The standard InChI is InChI=1S/C11H10N2O4/c14-10-4-12-5-11(15)13(10)7-1-2-8-9(3-7)17-6-16-8/h1-3,12H,4-6H2. The summed E-state index contributed by atoms with van der Waals surface area (Å²) in [5, 5.41) is 2.74. The van der Waals surface area contributed by atoms with Crippen molar-refractivity contribution in [2.75, 3.05) is 24.8 Å². The molecule has 0 spiro atoms. The van der Waals surface area contributed by atoms with Gasteiger partial charge in [-0.15, -0.1) is 0 Å². The molecule has 1 aromatic rings. The van der Waals surface area contributed by atoms with Crippen molar-refractivity contribution in [2.45, 2.75) is 0 Å². The zero-order valence-electron chi connectivity index (χ0n) is 8.93. The number of hydrogen-bond donors (Lipinski definition) is 1. The van der Waals surface area contributed by atoms with Crippen molar-refractivity contribution in [1.29, 1.82) is 0 Å². The predicted octanol–water partition coefficient (Wildman–Crippen LogP) is -0.122. The molecule has 0 aliphatic carbocycles. The number of piperazine rings is 1. The molecular formula is C11H10N2O4. The van der Waals surface area contributed by atoms with Crippen molar-refractivity contribution in [1.82, 2.24) is 5.32 Å². The van der Waals surface area contributed by atoms with Gasteiger partial charge in [0.25, 0.3) is 0 Å². The average Bonchev–Trinajstić information content (AvgIpc) is 2.76. The molecule has 1 saturated heterocycles. The fourth-order valence-corrected chi connectivity index (χ4v) is 1.89. The van der Waals surface area contributed by atoms with Crippen molar-refractivity contribution >= 4 is 17.5 Å². The fraction of sp³-hybridized carbons (Fsp3) is 0.273. The molecule has 0 saturated carbocycles. The highest BCUT2D eigenvalue weighted by Crippen LogP contribution is 2.35. The predicted molar refractivity (Wildman–Crippen MR) is 57.9 cm³/mol. The Bertz CT molecular complexity index is 484. The number of amides is 2. The van der Waals surface area contributed by atoms with E-state index in [1.165, 1.54) is 4.90 Å². The van der Waals surface area contributed by atoms with E-state index in [2.05, 4.69) is 5.32 Å². The number of ether oxygens (including phenoxy) is 2. The maximum absolute atomic E-state index is 11.7. The Kier molecular flexibility index (Phi) is 2.22. The smallest absolute Gasteiger partial charge is 0.247 e. The number of benzene rings is 1. The molecule has 1 fully saturated rings. The van der Waals surface area contributed by atoms with Gasteiger partial charge >= 0.3 is 0 Å². The quantitative estimate of drug-likeness (QED) is 0.686. The number of hydrogen-bond acceptors (Lipinski definition) is 5. The third-order valence-corrected chi connectivity index (χ3v) is 2.67. The van der Waals surface area contributed by atoms with Gasteiger partial charge in [-0.2, -0.15) is 0 Å². The molecule has 0 aromatic heterocycles. The highest BCUT2D eigenvalue weighted by molar-refractivity contribution is 6.17. The Hall–Kier alpha value is -2.08. The van der Waals surface area contributed by atoms with E-state index in [1.807, 2.05) is 0 Å². The van der Waals surface area contributed by atoms with Crippen LogP contribution in [0.2, 0.25) is 0 Å². The van der Waals surface area contributed by atoms with Crippen LogP contribution in [0.15, 0.2) is 18.2 Å². The maximum Gasteiger partial charge on any atom is 0.247 e. The van der Waals surface area contributed by atoms with Gasteiger partial charge in [0.15, 0.2) is 11.5 Å². The summed E-state index contributed by atoms with van der Waals surface area (Å²) in [7, 11) is 0. The van der Waals surface area contributed by atoms with Crippen LogP contribution >= 0.6 is 0 Å². The SMILES string of the molecule is O=C1CNCC(=O)N1c1ccc2c(c1)OCO2. The highest BCUT2D eigenvalue weighted by Gasteiger charge is 2.28. The number of anilines is 1. The average molecular weight is 234 g/mol. The Morgan fingerprint density at radius 1 is 1.06 bits per heavy atom. The van der Waals surface area contributed by atoms with Gasteiger partial charge < -0.3 is 9.47 Å². The van der Waals surface area contributed by atoms with Crippen LogP contribution in [0.3, 0.4) is 0 Å². The minimum absolute atomic E-state index is 0.167. The van der Waals surface area contributed by atoms with Crippen molar-refractivity contribution < 1.29 is 19.1 Å². The van der Waals surface area contributed by atoms with Gasteiger partial charge in [-0.25, -0.2) is 4.90 Å². The first-order chi connectivity index (χ1) is 8.25. The number of fused-ring (bicyclic) bond motifs is 1. The van der Waals surface area contributed by atoms with E-state index in [1.54, 1.807) is 18.2 Å². The second-order valence-electron chi connectivity index (χ2n) is 3.76. The van der Waals surface area contributed by atoms with Crippen LogP contribution in [0.5, 0.6) is 11.5 Å². The molecule has 2 aliphatic heterocycles. The minimum Gasteiger partial charge on any atom is -0.454 e. The van der Waals surface area contributed by atoms with Crippen molar-refractivity contribution in [3.8, 4) is 11.5 Å². The topological polar surface area (TPSA) is 67.9 Å². The Morgan fingerprint density at radius 2 is 1.76 bits per heavy atom. The molecule has 17 heavy (non-hydrogen) atoms. The van der Waals surface area contributed by atoms with E-state index in [9.17, 15) is 9.59 Å². The molecule has 1 N–H and O–H groups in total. The minimum atomic E-state index is -0.264. The molecule has 2 aliphatic rings. The third kappa shape index (κ3) is 1.62. The van der Waals surface area contributed by atoms with Crippen LogP contribution in [-0.4, -0.2) is 31.7 Å². The number of nitrogens with zero attached hydrogens (tertiary/aromatic N) is 1. The number of carbonyl (C=O) groups excluding carboxylic acids is 2. The molecule has 0 atom stereocenters. The molecule has 0 unspecified atom stereocenters. The van der Waals surface area contributed by atoms with Gasteiger partial charge in [0.1, 0.15) is 0 Å². The zero-order chi connectivity index (χ0) is 11.8. The lowest BCUT2D eigenvalue weighted by Crippen LogP contribution is -2.52. The second kappa shape index (κ2) is 3.74. The van der Waals surface area contributed by atoms with Gasteiger partial charge in [-0.3, -0.25) is 14.9 Å². The lowest BCUT2D eigenvalue weighted by molar-refractivity contribution is -0.127. The summed E-state index contributed by atoms with van der Waals surface area (Å²) in [5.41, 5.74) is 0.519. The first-order valence-electron chi connectivity index (χ1n) is 5.22. The van der Waals surface area contributed by atoms with Crippen LogP contribution in [-0.2, 0) is 9.59 Å². The fourth-order valence-electron chi connectivity index (χ4n) is 1.89. The van der Waals surface area contributed by atoms with E-state index in [4.69, 9.17) is 9.47 Å². The molecule has 1 aromatic carbocycles. The number of nitrogens with one attached hydrogen (secondary N) is 1. The summed E-state index contributed by atoms with van der Waals surface area (Å²) in [6, 6.07) is 5.01. The molecule has 0 radical (unpaired) electrons. The molecule has 2 heterocycles. The third-order valence-electron chi connectivity index (χ3n) is 2.67. The van der Waals surface area contributed by atoms with E-state index < -0.39 is 0 Å². The summed E-state index contributed by atoms with van der Waals surface area (Å²) in [4.78, 5) is 24.5. The van der Waals surface area contributed by atoms with Crippen LogP contribution in [0.25, 0.3) is 0 Å². The van der Waals surface area contributed by atoms with E-state index >= 15 is 0 Å². The number of rotatable bonds is 1. The van der Waals surface area contributed by atoms with Crippen LogP contribution in [0, 0.1) is 0 Å². The van der Waals surface area contributed by atoms with E-state index in [0.717, 1.165) is 0 Å². The van der Waals surface area contributed by atoms with Gasteiger partial charge in [0.2, 0.25) is 18.6 Å². The molecule has 88 valence electrons. The van der Waals surface area contributed by atoms with E-state index in [0.29, 0.717) is 17.2 Å². The van der Waals surface area contributed by atoms with Crippen molar-refractivity contribution in [3.05, 3.63) is 18.2 Å². The van der Waals surface area contributed by atoms with Gasteiger partial charge in [-0.1, -0.05) is 0 Å². The van der Waals surface area contributed by atoms with Crippen molar-refractivity contribution in [2.24, 2.45) is 0 Å². The van der Waals surface area contributed by atoms with E-state index in [-0.39, 0.29) is 31.7 Å². The number of imide groups is 1. The summed E-state index contributed by atoms with van der Waals surface area (Å²) >= 11 is 0. The zero-order valence-corrected chi connectivity index (χ0v) is 8.93. The van der Waals surface area contributed by atoms with Crippen LogP contribution in [0.1, 0.15) is 0 Å². The van der Waals surface area contributed by atoms with Crippen LogP contribution in [0.4, 0.5) is 5.69 Å².